The number of halogens is 2. The Morgan fingerprint density at radius 1 is 1.05 bits per heavy atom. The monoisotopic (exact) mass is 386 g/mol. The van der Waals surface area contributed by atoms with Crippen LogP contribution in [0.15, 0.2) is 24.3 Å². The molecule has 0 aliphatic heterocycles. The van der Waals surface area contributed by atoms with Crippen LogP contribution in [0, 0.1) is 10.5 Å². The van der Waals surface area contributed by atoms with Crippen molar-refractivity contribution in [2.45, 2.75) is 33.1 Å². The highest BCUT2D eigenvalue weighted by atomic mass is 127. The molecule has 0 atom stereocenters. The van der Waals surface area contributed by atoms with E-state index in [1.54, 1.807) is 0 Å². The van der Waals surface area contributed by atoms with Gasteiger partial charge in [0.1, 0.15) is 5.15 Å². The first-order valence-electron chi connectivity index (χ1n) is 6.09. The Bertz CT molecular complexity index is 601. The minimum Gasteiger partial charge on any atom is -0.231 e. The maximum absolute atomic E-state index is 6.25. The predicted octanol–water partition coefficient (Wildman–Crippen LogP) is 5.01. The summed E-state index contributed by atoms with van der Waals surface area (Å²) in [5.74, 6) is 0.690. The highest BCUT2D eigenvalue weighted by molar-refractivity contribution is 14.1. The summed E-state index contributed by atoms with van der Waals surface area (Å²) in [4.78, 5) is 9.09. The fraction of sp³-hybridized carbons (Fsp3) is 0.333. The second-order valence-corrected chi connectivity index (χ2v) is 7.05. The summed E-state index contributed by atoms with van der Waals surface area (Å²) in [6.07, 6.45) is 0. The van der Waals surface area contributed by atoms with Crippen LogP contribution in [0.2, 0.25) is 5.15 Å². The summed E-state index contributed by atoms with van der Waals surface area (Å²) in [6.45, 7) is 8.46. The summed E-state index contributed by atoms with van der Waals surface area (Å²) in [6, 6.07) is 8.17. The van der Waals surface area contributed by atoms with Crippen molar-refractivity contribution >= 4 is 34.2 Å². The van der Waals surface area contributed by atoms with Crippen LogP contribution in [0.4, 0.5) is 0 Å². The van der Waals surface area contributed by atoms with Gasteiger partial charge in [-0.2, -0.15) is 0 Å². The summed E-state index contributed by atoms with van der Waals surface area (Å²) >= 11 is 8.46. The Labute approximate surface area is 132 Å². The molecule has 0 unspecified atom stereocenters. The molecule has 100 valence electrons. The number of benzene rings is 1. The minimum atomic E-state index is -0.0530. The molecule has 0 fully saturated rings. The van der Waals surface area contributed by atoms with E-state index in [2.05, 4.69) is 67.4 Å². The van der Waals surface area contributed by atoms with Gasteiger partial charge in [0.15, 0.2) is 5.82 Å². The first-order chi connectivity index (χ1) is 8.79. The van der Waals surface area contributed by atoms with Crippen molar-refractivity contribution in [2.24, 2.45) is 0 Å². The van der Waals surface area contributed by atoms with Gasteiger partial charge in [-0.3, -0.25) is 0 Å². The molecular formula is C15H16ClIN2. The highest BCUT2D eigenvalue weighted by Crippen LogP contribution is 2.31. The quantitative estimate of drug-likeness (QED) is 0.509. The van der Waals surface area contributed by atoms with Crippen molar-refractivity contribution in [1.29, 1.82) is 0 Å². The zero-order valence-electron chi connectivity index (χ0n) is 11.5. The average molecular weight is 387 g/mol. The molecule has 0 aliphatic carbocycles. The van der Waals surface area contributed by atoms with Gasteiger partial charge in [0, 0.05) is 11.0 Å². The Morgan fingerprint density at radius 2 is 1.63 bits per heavy atom. The third-order valence-corrected chi connectivity index (χ3v) is 4.45. The van der Waals surface area contributed by atoms with Gasteiger partial charge in [0.05, 0.1) is 9.26 Å². The van der Waals surface area contributed by atoms with Gasteiger partial charge in [0.2, 0.25) is 0 Å². The van der Waals surface area contributed by atoms with E-state index in [-0.39, 0.29) is 5.41 Å². The van der Waals surface area contributed by atoms with Crippen LogP contribution in [-0.2, 0) is 5.41 Å². The van der Waals surface area contributed by atoms with Crippen molar-refractivity contribution in [1.82, 2.24) is 9.97 Å². The lowest BCUT2D eigenvalue weighted by atomic mass is 9.92. The fourth-order valence-electron chi connectivity index (χ4n) is 1.75. The van der Waals surface area contributed by atoms with Crippen molar-refractivity contribution in [3.63, 3.8) is 0 Å². The maximum Gasteiger partial charge on any atom is 0.161 e. The van der Waals surface area contributed by atoms with Crippen molar-refractivity contribution in [2.75, 3.05) is 0 Å². The van der Waals surface area contributed by atoms with Gasteiger partial charge in [-0.05, 0) is 29.5 Å². The van der Waals surface area contributed by atoms with Crippen molar-refractivity contribution in [3.8, 4) is 11.4 Å². The Hall–Kier alpha value is -0.680. The smallest absolute Gasteiger partial charge is 0.161 e. The molecule has 2 aromatic rings. The summed E-state index contributed by atoms with van der Waals surface area (Å²) < 4.78 is 0.933. The molecule has 0 saturated heterocycles. The molecule has 0 aliphatic rings. The molecule has 0 radical (unpaired) electrons. The number of rotatable bonds is 1. The summed E-state index contributed by atoms with van der Waals surface area (Å²) in [5.41, 5.74) is 3.15. The van der Waals surface area contributed by atoms with E-state index in [9.17, 15) is 0 Å². The summed E-state index contributed by atoms with van der Waals surface area (Å²) in [5, 5.41) is 0.524. The van der Waals surface area contributed by atoms with Crippen LogP contribution in [0.25, 0.3) is 11.4 Å². The van der Waals surface area contributed by atoms with Crippen LogP contribution in [0.3, 0.4) is 0 Å². The van der Waals surface area contributed by atoms with Crippen molar-refractivity contribution < 1.29 is 0 Å². The van der Waals surface area contributed by atoms with Gasteiger partial charge < -0.3 is 0 Å². The van der Waals surface area contributed by atoms with Crippen LogP contribution in [0.1, 0.15) is 32.0 Å². The molecule has 1 aromatic carbocycles. The van der Waals surface area contributed by atoms with E-state index in [0.29, 0.717) is 11.0 Å². The third-order valence-electron chi connectivity index (χ3n) is 2.83. The zero-order valence-corrected chi connectivity index (χ0v) is 14.4. The predicted molar refractivity (Wildman–Crippen MR) is 88.6 cm³/mol. The normalized spacial score (nSPS) is 11.7. The fourth-order valence-corrected chi connectivity index (χ4v) is 2.97. The summed E-state index contributed by atoms with van der Waals surface area (Å²) in [7, 11) is 0. The first kappa shape index (κ1) is 14.7. The molecule has 19 heavy (non-hydrogen) atoms. The second-order valence-electron chi connectivity index (χ2n) is 5.62. The maximum atomic E-state index is 6.25. The molecule has 0 spiro atoms. The Kier molecular flexibility index (Phi) is 4.16. The largest absolute Gasteiger partial charge is 0.231 e. The van der Waals surface area contributed by atoms with Gasteiger partial charge in [-0.25, -0.2) is 9.97 Å². The molecule has 4 heteroatoms. The van der Waals surface area contributed by atoms with Gasteiger partial charge >= 0.3 is 0 Å². The lowest BCUT2D eigenvalue weighted by Gasteiger charge is -2.20. The topological polar surface area (TPSA) is 25.8 Å². The Morgan fingerprint density at radius 3 is 2.16 bits per heavy atom. The van der Waals surface area contributed by atoms with E-state index in [1.807, 2.05) is 12.1 Å². The molecule has 1 aromatic heterocycles. The van der Waals surface area contributed by atoms with E-state index in [4.69, 9.17) is 16.6 Å². The van der Waals surface area contributed by atoms with Gasteiger partial charge in [0.25, 0.3) is 0 Å². The van der Waals surface area contributed by atoms with Gasteiger partial charge in [-0.15, -0.1) is 0 Å². The van der Waals surface area contributed by atoms with Crippen LogP contribution < -0.4 is 0 Å². The number of aryl methyl sites for hydroxylation is 1. The van der Waals surface area contributed by atoms with E-state index in [0.717, 1.165) is 14.8 Å². The molecule has 0 saturated carbocycles. The zero-order chi connectivity index (χ0) is 14.2. The lowest BCUT2D eigenvalue weighted by molar-refractivity contribution is 0.563. The van der Waals surface area contributed by atoms with Crippen molar-refractivity contribution in [3.05, 3.63) is 44.2 Å². The minimum absolute atomic E-state index is 0.0530. The SMILES string of the molecule is Cc1ccc(-c2nc(Cl)c(I)c(C(C)(C)C)n2)cc1. The number of hydrogen-bond donors (Lipinski definition) is 0. The van der Waals surface area contributed by atoms with Gasteiger partial charge in [-0.1, -0.05) is 62.2 Å². The second kappa shape index (κ2) is 5.37. The highest BCUT2D eigenvalue weighted by Gasteiger charge is 2.22. The molecule has 2 rings (SSSR count). The van der Waals surface area contributed by atoms with Crippen LogP contribution in [0.5, 0.6) is 0 Å². The molecule has 0 bridgehead atoms. The Balaban J connectivity index is 2.60. The molecule has 1 heterocycles. The molecule has 0 N–H and O–H groups in total. The standard InChI is InChI=1S/C15H16ClIN2/c1-9-5-7-10(8-6-9)14-18-12(15(2,3)4)11(17)13(16)19-14/h5-8H,1-4H3. The lowest BCUT2D eigenvalue weighted by Crippen LogP contribution is -2.17. The number of aromatic nitrogens is 2. The molecule has 2 nitrogen and oxygen atoms in total. The third kappa shape index (κ3) is 3.26. The van der Waals surface area contributed by atoms with E-state index in [1.165, 1.54) is 5.56 Å². The number of nitrogens with zero attached hydrogens (tertiary/aromatic N) is 2. The van der Waals surface area contributed by atoms with Crippen LogP contribution >= 0.6 is 34.2 Å². The molecule has 0 amide bonds. The average Bonchev–Trinajstić information content (AvgIpc) is 2.32. The van der Waals surface area contributed by atoms with E-state index < -0.39 is 0 Å². The first-order valence-corrected chi connectivity index (χ1v) is 7.55. The molecular weight excluding hydrogens is 371 g/mol. The van der Waals surface area contributed by atoms with Crippen LogP contribution in [-0.4, -0.2) is 9.97 Å². The van der Waals surface area contributed by atoms with E-state index >= 15 is 0 Å². The number of hydrogen-bond acceptors (Lipinski definition) is 2.